The first-order valence-electron chi connectivity index (χ1n) is 8.55. The van der Waals surface area contributed by atoms with Crippen LogP contribution in [-0.2, 0) is 22.7 Å². The molecule has 0 bridgehead atoms. The first-order valence-corrected chi connectivity index (χ1v) is 10.2. The van der Waals surface area contributed by atoms with Crippen LogP contribution in [0.3, 0.4) is 0 Å². The van der Waals surface area contributed by atoms with Crippen LogP contribution in [0.4, 0.5) is 19.0 Å². The number of rotatable bonds is 3. The highest BCUT2D eigenvalue weighted by molar-refractivity contribution is 7.92. The number of benzene rings is 1. The van der Waals surface area contributed by atoms with Crippen LogP contribution < -0.4 is 14.0 Å². The molecule has 29 heavy (non-hydrogen) atoms. The number of hydrogen-bond donors (Lipinski definition) is 1. The Bertz CT molecular complexity index is 1160. The van der Waals surface area contributed by atoms with Crippen molar-refractivity contribution in [2.75, 3.05) is 10.5 Å². The average molecular weight is 422 g/mol. The molecule has 6 nitrogen and oxygen atoms in total. The molecule has 0 amide bonds. The summed E-state index contributed by atoms with van der Waals surface area (Å²) in [7, 11) is -3.39. The van der Waals surface area contributed by atoms with Crippen molar-refractivity contribution >= 4 is 15.8 Å². The van der Waals surface area contributed by atoms with Gasteiger partial charge in [-0.1, -0.05) is 12.1 Å². The van der Waals surface area contributed by atoms with E-state index in [9.17, 15) is 21.6 Å². The Hall–Kier alpha value is -3.14. The van der Waals surface area contributed by atoms with E-state index in [0.717, 1.165) is 17.8 Å². The molecule has 0 fully saturated rings. The lowest BCUT2D eigenvalue weighted by Gasteiger charge is -2.16. The smallest absolute Gasteiger partial charge is 0.418 e. The van der Waals surface area contributed by atoms with Crippen LogP contribution >= 0.6 is 0 Å². The minimum absolute atomic E-state index is 0.00588. The summed E-state index contributed by atoms with van der Waals surface area (Å²) in [5.74, 6) is 0.765. The number of nitrogens with zero attached hydrogens (tertiary/aromatic N) is 2. The first kappa shape index (κ1) is 19.2. The third kappa shape index (κ3) is 4.16. The summed E-state index contributed by atoms with van der Waals surface area (Å²) >= 11 is 0. The molecule has 10 heteroatoms. The fourth-order valence-corrected chi connectivity index (χ4v) is 4.03. The van der Waals surface area contributed by atoms with Gasteiger partial charge in [-0.2, -0.15) is 26.3 Å². The second kappa shape index (κ2) is 7.03. The molecule has 0 saturated heterocycles. The Morgan fingerprint density at radius 2 is 1.83 bits per heavy atom. The lowest BCUT2D eigenvalue weighted by atomic mass is 10.1. The molecule has 3 heterocycles. The minimum Gasteiger partial charge on any atom is -0.456 e. The Kier molecular flexibility index (Phi) is 4.65. The number of aryl methyl sites for hydroxylation is 1. The Labute approximate surface area is 164 Å². The SMILES string of the molecule is O=S1(=O)CC[n+]2cccc(-c3ccc(Oc4cncc(C(F)(F)F)c4)cc3)c2N1. The summed E-state index contributed by atoms with van der Waals surface area (Å²) in [6.45, 7) is 0.349. The van der Waals surface area contributed by atoms with E-state index in [1.807, 2.05) is 10.6 Å². The maximum atomic E-state index is 12.8. The van der Waals surface area contributed by atoms with E-state index < -0.39 is 21.8 Å². The molecule has 4 rings (SSSR count). The molecule has 1 aliphatic rings. The highest BCUT2D eigenvalue weighted by Crippen LogP contribution is 2.33. The predicted molar refractivity (Wildman–Crippen MR) is 98.8 cm³/mol. The van der Waals surface area contributed by atoms with E-state index in [-0.39, 0.29) is 11.5 Å². The largest absolute Gasteiger partial charge is 0.456 e. The lowest BCUT2D eigenvalue weighted by molar-refractivity contribution is -0.679. The third-order valence-corrected chi connectivity index (χ3v) is 5.59. The molecule has 0 atom stereocenters. The molecular formula is C19H15F3N3O3S+. The van der Waals surface area contributed by atoms with Crippen molar-refractivity contribution in [3.05, 3.63) is 66.6 Å². The lowest BCUT2D eigenvalue weighted by Crippen LogP contribution is -2.47. The molecule has 0 saturated carbocycles. The number of fused-ring (bicyclic) bond motifs is 1. The molecule has 0 unspecified atom stereocenters. The van der Waals surface area contributed by atoms with Gasteiger partial charge >= 0.3 is 16.2 Å². The summed E-state index contributed by atoms with van der Waals surface area (Å²) in [5.41, 5.74) is 0.517. The van der Waals surface area contributed by atoms with Gasteiger partial charge in [-0.05, 0) is 35.9 Å². The van der Waals surface area contributed by atoms with E-state index in [2.05, 4.69) is 9.71 Å². The van der Waals surface area contributed by atoms with Crippen molar-refractivity contribution in [3.8, 4) is 22.6 Å². The number of nitrogens with one attached hydrogen (secondary N) is 1. The molecule has 150 valence electrons. The predicted octanol–water partition coefficient (Wildman–Crippen LogP) is 3.60. The summed E-state index contributed by atoms with van der Waals surface area (Å²) in [5, 5.41) is 0. The van der Waals surface area contributed by atoms with Crippen molar-refractivity contribution in [3.63, 3.8) is 0 Å². The van der Waals surface area contributed by atoms with Gasteiger partial charge < -0.3 is 4.74 Å². The molecule has 1 aromatic carbocycles. The topological polar surface area (TPSA) is 72.2 Å². The zero-order valence-electron chi connectivity index (χ0n) is 14.8. The van der Waals surface area contributed by atoms with E-state index in [1.165, 1.54) is 6.20 Å². The second-order valence-corrected chi connectivity index (χ2v) is 8.26. The van der Waals surface area contributed by atoms with E-state index in [1.54, 1.807) is 36.5 Å². The van der Waals surface area contributed by atoms with Gasteiger partial charge in [0, 0.05) is 6.20 Å². The highest BCUT2D eigenvalue weighted by Gasteiger charge is 2.31. The van der Waals surface area contributed by atoms with Crippen molar-refractivity contribution in [1.82, 2.24) is 4.98 Å². The molecule has 1 N–H and O–H groups in total. The van der Waals surface area contributed by atoms with Crippen LogP contribution in [0.15, 0.2) is 61.1 Å². The quantitative estimate of drug-likeness (QED) is 0.655. The van der Waals surface area contributed by atoms with Crippen LogP contribution in [0.5, 0.6) is 11.5 Å². The van der Waals surface area contributed by atoms with Gasteiger partial charge in [0.2, 0.25) is 0 Å². The summed E-state index contributed by atoms with van der Waals surface area (Å²) in [6.07, 6.45) is -0.790. The minimum atomic E-state index is -4.51. The Balaban J connectivity index is 1.60. The fraction of sp³-hybridized carbons (Fsp3) is 0.158. The van der Waals surface area contributed by atoms with Crippen molar-refractivity contribution in [2.45, 2.75) is 12.7 Å². The standard InChI is InChI=1S/C19H14F3N3O3S/c20-19(21,22)14-10-16(12-23-11-14)28-15-5-3-13(4-6-15)17-2-1-7-25-8-9-29(26,27)24-18(17)25/h1-7,10-12H,8-9H2/p+1. The van der Waals surface area contributed by atoms with Crippen molar-refractivity contribution in [1.29, 1.82) is 0 Å². The number of halogens is 3. The number of anilines is 1. The molecule has 0 aliphatic carbocycles. The first-order chi connectivity index (χ1) is 13.7. The average Bonchev–Trinajstić information content (AvgIpc) is 2.67. The number of ether oxygens (including phenoxy) is 1. The Morgan fingerprint density at radius 3 is 2.55 bits per heavy atom. The van der Waals surface area contributed by atoms with Crippen molar-refractivity contribution in [2.24, 2.45) is 0 Å². The van der Waals surface area contributed by atoms with E-state index in [0.29, 0.717) is 23.7 Å². The van der Waals surface area contributed by atoms with Crippen LogP contribution in [0.2, 0.25) is 0 Å². The van der Waals surface area contributed by atoms with Crippen LogP contribution in [0, 0.1) is 0 Å². The van der Waals surface area contributed by atoms with Gasteiger partial charge in [0.05, 0.1) is 23.5 Å². The van der Waals surface area contributed by atoms with Crippen LogP contribution in [0.1, 0.15) is 5.56 Å². The monoisotopic (exact) mass is 422 g/mol. The number of hydrogen-bond acceptors (Lipinski definition) is 4. The van der Waals surface area contributed by atoms with E-state index in [4.69, 9.17) is 4.74 Å². The van der Waals surface area contributed by atoms with E-state index >= 15 is 0 Å². The number of aromatic nitrogens is 2. The molecule has 3 aromatic rings. The third-order valence-electron chi connectivity index (χ3n) is 4.37. The Morgan fingerprint density at radius 1 is 1.07 bits per heavy atom. The molecular weight excluding hydrogens is 407 g/mol. The number of pyridine rings is 2. The van der Waals surface area contributed by atoms with Crippen LogP contribution in [-0.4, -0.2) is 19.2 Å². The zero-order valence-corrected chi connectivity index (χ0v) is 15.7. The van der Waals surface area contributed by atoms with Crippen LogP contribution in [0.25, 0.3) is 11.1 Å². The van der Waals surface area contributed by atoms with Gasteiger partial charge in [0.15, 0.2) is 0 Å². The summed E-state index contributed by atoms with van der Waals surface area (Å²) < 4.78 is 72.1. The van der Waals surface area contributed by atoms with Crippen molar-refractivity contribution < 1.29 is 30.9 Å². The van der Waals surface area contributed by atoms with Gasteiger partial charge in [0.25, 0.3) is 5.82 Å². The normalized spacial score (nSPS) is 15.3. The van der Waals surface area contributed by atoms with Gasteiger partial charge in [-0.25, -0.2) is 4.57 Å². The zero-order chi connectivity index (χ0) is 20.6. The molecule has 2 aromatic heterocycles. The highest BCUT2D eigenvalue weighted by atomic mass is 32.2. The second-order valence-electron chi connectivity index (χ2n) is 6.42. The molecule has 1 aliphatic heterocycles. The van der Waals surface area contributed by atoms with Gasteiger partial charge in [0.1, 0.15) is 23.8 Å². The number of alkyl halides is 3. The number of sulfonamides is 1. The van der Waals surface area contributed by atoms with Gasteiger partial charge in [-0.15, -0.1) is 0 Å². The fourth-order valence-electron chi connectivity index (χ4n) is 2.97. The maximum Gasteiger partial charge on any atom is 0.418 e. The van der Waals surface area contributed by atoms with Gasteiger partial charge in [-0.3, -0.25) is 4.98 Å². The summed E-state index contributed by atoms with van der Waals surface area (Å²) in [6, 6.07) is 11.1. The maximum absolute atomic E-state index is 12.8. The molecule has 0 radical (unpaired) electrons. The molecule has 0 spiro atoms. The summed E-state index contributed by atoms with van der Waals surface area (Å²) in [4.78, 5) is 3.56.